The Morgan fingerprint density at radius 3 is 2.86 bits per heavy atom. The van der Waals surface area contributed by atoms with Gasteiger partial charge >= 0.3 is 0 Å². The summed E-state index contributed by atoms with van der Waals surface area (Å²) in [5.74, 6) is 2.24. The summed E-state index contributed by atoms with van der Waals surface area (Å²) < 4.78 is 2.24. The number of pyridine rings is 1. The molecule has 4 rings (SSSR count). The van der Waals surface area contributed by atoms with Gasteiger partial charge in [-0.15, -0.1) is 0 Å². The third-order valence-corrected chi connectivity index (χ3v) is 4.83. The molecule has 0 spiro atoms. The van der Waals surface area contributed by atoms with E-state index in [0.717, 1.165) is 49.6 Å². The lowest BCUT2D eigenvalue weighted by Crippen LogP contribution is -2.35. The molecule has 2 atom stereocenters. The van der Waals surface area contributed by atoms with E-state index in [1.807, 2.05) is 23.4 Å². The molecule has 22 heavy (non-hydrogen) atoms. The van der Waals surface area contributed by atoms with E-state index >= 15 is 0 Å². The van der Waals surface area contributed by atoms with Crippen LogP contribution in [-0.4, -0.2) is 38.4 Å². The van der Waals surface area contributed by atoms with E-state index in [4.69, 9.17) is 0 Å². The van der Waals surface area contributed by atoms with Crippen molar-refractivity contribution in [3.63, 3.8) is 0 Å². The van der Waals surface area contributed by atoms with Crippen molar-refractivity contribution in [3.05, 3.63) is 36.5 Å². The zero-order valence-corrected chi connectivity index (χ0v) is 12.8. The van der Waals surface area contributed by atoms with Crippen LogP contribution in [0.5, 0.6) is 0 Å². The van der Waals surface area contributed by atoms with Crippen molar-refractivity contribution in [1.82, 2.24) is 19.4 Å². The minimum Gasteiger partial charge on any atom is -0.340 e. The van der Waals surface area contributed by atoms with Gasteiger partial charge in [0.25, 0.3) is 0 Å². The average molecular weight is 296 g/mol. The summed E-state index contributed by atoms with van der Waals surface area (Å²) in [4.78, 5) is 23.2. The Morgan fingerprint density at radius 2 is 2.14 bits per heavy atom. The number of nitrogens with zero attached hydrogens (tertiary/aromatic N) is 4. The third-order valence-electron chi connectivity index (χ3n) is 4.83. The number of hydrogen-bond acceptors (Lipinski definition) is 3. The van der Waals surface area contributed by atoms with Gasteiger partial charge in [-0.2, -0.15) is 0 Å². The number of carbonyl (C=O) groups excluding carboxylic acids is 1. The summed E-state index contributed by atoms with van der Waals surface area (Å²) in [5.41, 5.74) is 2.18. The second-order valence-electron chi connectivity index (χ2n) is 6.35. The van der Waals surface area contributed by atoms with E-state index in [-0.39, 0.29) is 5.92 Å². The SMILES string of the molecule is C[C@@H]1C[C@H]1C(=O)N1CCc2ncc(-c3cccnc3)n2CC1. The van der Waals surface area contributed by atoms with Gasteiger partial charge in [0, 0.05) is 49.9 Å². The first-order valence-electron chi connectivity index (χ1n) is 7.97. The first-order valence-corrected chi connectivity index (χ1v) is 7.97. The van der Waals surface area contributed by atoms with Crippen molar-refractivity contribution in [1.29, 1.82) is 0 Å². The maximum atomic E-state index is 12.4. The molecule has 0 bridgehead atoms. The Balaban J connectivity index is 1.55. The van der Waals surface area contributed by atoms with Gasteiger partial charge < -0.3 is 9.47 Å². The molecule has 0 aromatic carbocycles. The quantitative estimate of drug-likeness (QED) is 0.851. The van der Waals surface area contributed by atoms with Crippen LogP contribution in [0.3, 0.4) is 0 Å². The molecule has 0 saturated heterocycles. The Kier molecular flexibility index (Phi) is 3.21. The van der Waals surface area contributed by atoms with E-state index in [9.17, 15) is 4.79 Å². The van der Waals surface area contributed by atoms with Crippen molar-refractivity contribution in [3.8, 4) is 11.3 Å². The molecule has 2 aromatic rings. The number of hydrogen-bond donors (Lipinski definition) is 0. The van der Waals surface area contributed by atoms with E-state index in [1.165, 1.54) is 0 Å². The zero-order chi connectivity index (χ0) is 15.1. The van der Waals surface area contributed by atoms with Gasteiger partial charge in [0.1, 0.15) is 5.82 Å². The van der Waals surface area contributed by atoms with Crippen molar-refractivity contribution >= 4 is 5.91 Å². The van der Waals surface area contributed by atoms with E-state index in [2.05, 4.69) is 27.5 Å². The van der Waals surface area contributed by atoms with E-state index in [1.54, 1.807) is 6.20 Å². The summed E-state index contributed by atoms with van der Waals surface area (Å²) in [6.07, 6.45) is 7.45. The van der Waals surface area contributed by atoms with Crippen LogP contribution in [0.25, 0.3) is 11.3 Å². The predicted octanol–water partition coefficient (Wildman–Crippen LogP) is 1.99. The summed E-state index contributed by atoms with van der Waals surface area (Å²) in [6.45, 7) is 4.53. The molecule has 2 aromatic heterocycles. The lowest BCUT2D eigenvalue weighted by molar-refractivity contribution is -0.132. The van der Waals surface area contributed by atoms with Crippen LogP contribution in [-0.2, 0) is 17.8 Å². The Hall–Kier alpha value is -2.17. The average Bonchev–Trinajstić information content (AvgIpc) is 3.21. The molecule has 1 aliphatic heterocycles. The summed E-state index contributed by atoms with van der Waals surface area (Å²) in [7, 11) is 0. The normalized spacial score (nSPS) is 23.8. The highest BCUT2D eigenvalue weighted by Gasteiger charge is 2.41. The van der Waals surface area contributed by atoms with Crippen LogP contribution in [0.4, 0.5) is 0 Å². The van der Waals surface area contributed by atoms with Gasteiger partial charge in [0.2, 0.25) is 5.91 Å². The third kappa shape index (κ3) is 2.30. The summed E-state index contributed by atoms with van der Waals surface area (Å²) >= 11 is 0. The van der Waals surface area contributed by atoms with Gasteiger partial charge in [-0.3, -0.25) is 9.78 Å². The molecule has 0 radical (unpaired) electrons. The van der Waals surface area contributed by atoms with Crippen molar-refractivity contribution in [2.45, 2.75) is 26.3 Å². The van der Waals surface area contributed by atoms with Gasteiger partial charge in [0.05, 0.1) is 11.9 Å². The highest BCUT2D eigenvalue weighted by atomic mass is 16.2. The Labute approximate surface area is 130 Å². The van der Waals surface area contributed by atoms with Gasteiger partial charge in [0.15, 0.2) is 0 Å². The molecule has 0 unspecified atom stereocenters. The first-order chi connectivity index (χ1) is 10.7. The molecule has 1 fully saturated rings. The molecule has 0 N–H and O–H groups in total. The largest absolute Gasteiger partial charge is 0.340 e. The van der Waals surface area contributed by atoms with Gasteiger partial charge in [-0.25, -0.2) is 4.98 Å². The molecule has 5 heteroatoms. The number of rotatable bonds is 2. The van der Waals surface area contributed by atoms with E-state index < -0.39 is 0 Å². The second-order valence-corrected chi connectivity index (χ2v) is 6.35. The van der Waals surface area contributed by atoms with Crippen LogP contribution < -0.4 is 0 Å². The number of fused-ring (bicyclic) bond motifs is 1. The van der Waals surface area contributed by atoms with Gasteiger partial charge in [-0.1, -0.05) is 6.92 Å². The van der Waals surface area contributed by atoms with E-state index in [0.29, 0.717) is 11.8 Å². The minimum atomic E-state index is 0.267. The number of aromatic nitrogens is 3. The monoisotopic (exact) mass is 296 g/mol. The topological polar surface area (TPSA) is 51.0 Å². The molecular formula is C17H20N4O. The number of imidazole rings is 1. The molecule has 3 heterocycles. The summed E-state index contributed by atoms with van der Waals surface area (Å²) in [6, 6.07) is 3.99. The molecule has 1 saturated carbocycles. The molecule has 1 aliphatic carbocycles. The zero-order valence-electron chi connectivity index (χ0n) is 12.8. The molecule has 114 valence electrons. The number of carbonyl (C=O) groups is 1. The van der Waals surface area contributed by atoms with Crippen LogP contribution >= 0.6 is 0 Å². The first kappa shape index (κ1) is 13.5. The van der Waals surface area contributed by atoms with Crippen LogP contribution in [0.1, 0.15) is 19.2 Å². The predicted molar refractivity (Wildman–Crippen MR) is 83.0 cm³/mol. The molecular weight excluding hydrogens is 276 g/mol. The molecule has 1 amide bonds. The fourth-order valence-electron chi connectivity index (χ4n) is 3.30. The lowest BCUT2D eigenvalue weighted by atomic mass is 10.2. The fourth-order valence-corrected chi connectivity index (χ4v) is 3.30. The van der Waals surface area contributed by atoms with Crippen molar-refractivity contribution in [2.24, 2.45) is 11.8 Å². The van der Waals surface area contributed by atoms with Crippen molar-refractivity contribution < 1.29 is 4.79 Å². The molecule has 5 nitrogen and oxygen atoms in total. The van der Waals surface area contributed by atoms with Crippen molar-refractivity contribution in [2.75, 3.05) is 13.1 Å². The number of amides is 1. The minimum absolute atomic E-state index is 0.267. The van der Waals surface area contributed by atoms with Gasteiger partial charge in [-0.05, 0) is 24.5 Å². The Bertz CT molecular complexity index is 694. The highest BCUT2D eigenvalue weighted by molar-refractivity contribution is 5.81. The standard InChI is InChI=1S/C17H20N4O/c1-12-9-14(12)17(22)20-6-4-16-19-11-15(21(16)8-7-20)13-3-2-5-18-10-13/h2-3,5,10-12,14H,4,6-9H2,1H3/t12-,14-/m1/s1. The maximum absolute atomic E-state index is 12.4. The fraction of sp³-hybridized carbons (Fsp3) is 0.471. The smallest absolute Gasteiger partial charge is 0.226 e. The maximum Gasteiger partial charge on any atom is 0.226 e. The highest BCUT2D eigenvalue weighted by Crippen LogP contribution is 2.39. The lowest BCUT2D eigenvalue weighted by Gasteiger charge is -2.20. The second kappa shape index (κ2) is 5.23. The molecule has 2 aliphatic rings. The summed E-state index contributed by atoms with van der Waals surface area (Å²) in [5, 5.41) is 0. The van der Waals surface area contributed by atoms with Crippen LogP contribution in [0.2, 0.25) is 0 Å². The Morgan fingerprint density at radius 1 is 1.27 bits per heavy atom. The van der Waals surface area contributed by atoms with Crippen LogP contribution in [0.15, 0.2) is 30.7 Å². The van der Waals surface area contributed by atoms with Crippen LogP contribution in [0, 0.1) is 11.8 Å².